The number of hydrogen-bond acceptors (Lipinski definition) is 2. The van der Waals surface area contributed by atoms with E-state index < -0.39 is 10.8 Å². The van der Waals surface area contributed by atoms with Crippen LogP contribution < -0.4 is 5.32 Å². The molecule has 1 aliphatic rings. The molecule has 0 bridgehead atoms. The zero-order chi connectivity index (χ0) is 13.7. The highest BCUT2D eigenvalue weighted by molar-refractivity contribution is 7.85. The Morgan fingerprint density at radius 3 is 2.53 bits per heavy atom. The number of rotatable bonds is 3. The lowest BCUT2D eigenvalue weighted by Crippen LogP contribution is -2.41. The maximum Gasteiger partial charge on any atom is 0.139 e. The van der Waals surface area contributed by atoms with Crippen LogP contribution in [-0.4, -0.2) is 22.5 Å². The Balaban J connectivity index is 2.21. The summed E-state index contributed by atoms with van der Waals surface area (Å²) >= 11 is 0. The van der Waals surface area contributed by atoms with E-state index in [1.807, 2.05) is 7.05 Å². The van der Waals surface area contributed by atoms with E-state index in [4.69, 9.17) is 0 Å². The molecule has 1 aromatic carbocycles. The molecule has 1 N–H and O–H groups in total. The van der Waals surface area contributed by atoms with Crippen LogP contribution in [0.15, 0.2) is 29.2 Å². The standard InChI is InChI=1S/C15H22FNOS/c1-17-13-9-4-2-3-5-11-15(13)19(18)14-10-7-6-8-12(14)16/h6-8,10,13,15,17H,2-5,9,11H2,1H3. The van der Waals surface area contributed by atoms with E-state index in [-0.39, 0.29) is 17.1 Å². The van der Waals surface area contributed by atoms with E-state index in [9.17, 15) is 8.60 Å². The first-order valence-corrected chi connectivity index (χ1v) is 8.27. The molecule has 0 aromatic heterocycles. The molecular weight excluding hydrogens is 261 g/mol. The van der Waals surface area contributed by atoms with Crippen LogP contribution >= 0.6 is 0 Å². The summed E-state index contributed by atoms with van der Waals surface area (Å²) in [5, 5.41) is 3.29. The number of hydrogen-bond donors (Lipinski definition) is 1. The number of benzene rings is 1. The normalized spacial score (nSPS) is 26.4. The van der Waals surface area contributed by atoms with Gasteiger partial charge in [0.2, 0.25) is 0 Å². The van der Waals surface area contributed by atoms with Crippen molar-refractivity contribution in [1.29, 1.82) is 0 Å². The molecule has 2 nitrogen and oxygen atoms in total. The monoisotopic (exact) mass is 283 g/mol. The van der Waals surface area contributed by atoms with Crippen molar-refractivity contribution in [2.75, 3.05) is 7.05 Å². The third kappa shape index (κ3) is 3.63. The van der Waals surface area contributed by atoms with Gasteiger partial charge in [-0.15, -0.1) is 0 Å². The van der Waals surface area contributed by atoms with Crippen LogP contribution in [0.3, 0.4) is 0 Å². The van der Waals surface area contributed by atoms with Crippen LogP contribution in [0.5, 0.6) is 0 Å². The first-order chi connectivity index (χ1) is 9.24. The first kappa shape index (κ1) is 14.7. The molecule has 0 amide bonds. The van der Waals surface area contributed by atoms with Gasteiger partial charge in [0, 0.05) is 6.04 Å². The average molecular weight is 283 g/mol. The van der Waals surface area contributed by atoms with Gasteiger partial charge in [-0.25, -0.2) is 4.39 Å². The van der Waals surface area contributed by atoms with Gasteiger partial charge in [-0.2, -0.15) is 0 Å². The van der Waals surface area contributed by atoms with E-state index >= 15 is 0 Å². The molecule has 4 heteroatoms. The van der Waals surface area contributed by atoms with Gasteiger partial charge >= 0.3 is 0 Å². The topological polar surface area (TPSA) is 29.1 Å². The molecule has 3 unspecified atom stereocenters. The molecule has 1 fully saturated rings. The second kappa shape index (κ2) is 7.15. The second-order valence-electron chi connectivity index (χ2n) is 5.15. The minimum absolute atomic E-state index is 0.0159. The zero-order valence-corrected chi connectivity index (χ0v) is 12.2. The van der Waals surface area contributed by atoms with Crippen molar-refractivity contribution in [3.8, 4) is 0 Å². The molecule has 2 rings (SSSR count). The third-order valence-corrected chi connectivity index (χ3v) is 5.78. The van der Waals surface area contributed by atoms with E-state index in [1.165, 1.54) is 18.9 Å². The van der Waals surface area contributed by atoms with Crippen LogP contribution in [0, 0.1) is 5.82 Å². The average Bonchev–Trinajstić information content (AvgIpc) is 2.39. The van der Waals surface area contributed by atoms with Crippen LogP contribution in [-0.2, 0) is 10.8 Å². The highest BCUT2D eigenvalue weighted by atomic mass is 32.2. The molecule has 0 heterocycles. The fourth-order valence-electron chi connectivity index (χ4n) is 2.81. The summed E-state index contributed by atoms with van der Waals surface area (Å²) in [6.07, 6.45) is 6.63. The minimum atomic E-state index is -1.27. The Morgan fingerprint density at radius 1 is 1.16 bits per heavy atom. The van der Waals surface area contributed by atoms with Crippen LogP contribution in [0.2, 0.25) is 0 Å². The molecule has 0 spiro atoms. The van der Waals surface area contributed by atoms with Crippen molar-refractivity contribution >= 4 is 10.8 Å². The molecule has 0 aliphatic heterocycles. The van der Waals surface area contributed by atoms with Gasteiger partial charge in [-0.1, -0.05) is 37.8 Å². The molecule has 1 saturated carbocycles. The maximum absolute atomic E-state index is 13.8. The van der Waals surface area contributed by atoms with Crippen molar-refractivity contribution in [3.63, 3.8) is 0 Å². The van der Waals surface area contributed by atoms with Gasteiger partial charge in [0.25, 0.3) is 0 Å². The quantitative estimate of drug-likeness (QED) is 0.922. The molecule has 19 heavy (non-hydrogen) atoms. The Bertz CT molecular complexity index is 438. The molecular formula is C15H22FNOS. The van der Waals surface area contributed by atoms with E-state index in [0.29, 0.717) is 4.90 Å². The summed E-state index contributed by atoms with van der Waals surface area (Å²) in [6.45, 7) is 0. The fraction of sp³-hybridized carbons (Fsp3) is 0.600. The molecule has 0 radical (unpaired) electrons. The zero-order valence-electron chi connectivity index (χ0n) is 11.4. The Kier molecular flexibility index (Phi) is 5.52. The van der Waals surface area contributed by atoms with Crippen LogP contribution in [0.25, 0.3) is 0 Å². The van der Waals surface area contributed by atoms with E-state index in [2.05, 4.69) is 5.32 Å². The molecule has 1 aliphatic carbocycles. The Hall–Kier alpha value is -0.740. The van der Waals surface area contributed by atoms with E-state index in [0.717, 1.165) is 25.7 Å². The lowest BCUT2D eigenvalue weighted by atomic mass is 9.96. The second-order valence-corrected chi connectivity index (χ2v) is 6.79. The summed E-state index contributed by atoms with van der Waals surface area (Å²) in [6, 6.07) is 6.67. The smallest absolute Gasteiger partial charge is 0.139 e. The summed E-state index contributed by atoms with van der Waals surface area (Å²) < 4.78 is 26.5. The third-order valence-electron chi connectivity index (χ3n) is 3.90. The van der Waals surface area contributed by atoms with Gasteiger partial charge in [0.1, 0.15) is 5.82 Å². The SMILES string of the molecule is CNC1CCCCCCC1S(=O)c1ccccc1F. The van der Waals surface area contributed by atoms with Crippen LogP contribution in [0.1, 0.15) is 38.5 Å². The van der Waals surface area contributed by atoms with Gasteiger partial charge in [-0.3, -0.25) is 4.21 Å². The predicted octanol–water partition coefficient (Wildman–Crippen LogP) is 3.24. The largest absolute Gasteiger partial charge is 0.316 e. The van der Waals surface area contributed by atoms with Crippen molar-refractivity contribution in [1.82, 2.24) is 5.32 Å². The Morgan fingerprint density at radius 2 is 1.84 bits per heavy atom. The summed E-state index contributed by atoms with van der Waals surface area (Å²) in [5.74, 6) is -0.349. The summed E-state index contributed by atoms with van der Waals surface area (Å²) in [7, 11) is 0.647. The van der Waals surface area contributed by atoms with Gasteiger partial charge in [0.15, 0.2) is 0 Å². The van der Waals surface area contributed by atoms with Gasteiger partial charge in [0.05, 0.1) is 20.9 Å². The molecule has 3 atom stereocenters. The number of halogens is 1. The first-order valence-electron chi connectivity index (χ1n) is 7.06. The van der Waals surface area contributed by atoms with Crippen molar-refractivity contribution in [2.24, 2.45) is 0 Å². The summed E-state index contributed by atoms with van der Waals surface area (Å²) in [5.41, 5.74) is 0. The van der Waals surface area contributed by atoms with Crippen LogP contribution in [0.4, 0.5) is 4.39 Å². The lowest BCUT2D eigenvalue weighted by molar-refractivity contribution is 0.414. The molecule has 1 aromatic rings. The Labute approximate surface area is 117 Å². The predicted molar refractivity (Wildman–Crippen MR) is 77.1 cm³/mol. The minimum Gasteiger partial charge on any atom is -0.316 e. The summed E-state index contributed by atoms with van der Waals surface area (Å²) in [4.78, 5) is 0.355. The lowest BCUT2D eigenvalue weighted by Gasteiger charge is -2.28. The van der Waals surface area contributed by atoms with Crippen molar-refractivity contribution < 1.29 is 8.60 Å². The highest BCUT2D eigenvalue weighted by Gasteiger charge is 2.28. The fourth-order valence-corrected chi connectivity index (χ4v) is 4.56. The molecule has 106 valence electrons. The van der Waals surface area contributed by atoms with Gasteiger partial charge < -0.3 is 5.32 Å². The maximum atomic E-state index is 13.8. The van der Waals surface area contributed by atoms with E-state index in [1.54, 1.807) is 18.2 Å². The number of nitrogens with one attached hydrogen (secondary N) is 1. The highest BCUT2D eigenvalue weighted by Crippen LogP contribution is 2.26. The van der Waals surface area contributed by atoms with Crippen molar-refractivity contribution in [2.45, 2.75) is 54.7 Å². The van der Waals surface area contributed by atoms with Gasteiger partial charge in [-0.05, 0) is 32.0 Å². The molecule has 0 saturated heterocycles. The van der Waals surface area contributed by atoms with Crippen molar-refractivity contribution in [3.05, 3.63) is 30.1 Å².